The molecule has 4 rings (SSSR count). The van der Waals surface area contributed by atoms with Crippen LogP contribution in [0.5, 0.6) is 5.75 Å². The quantitative estimate of drug-likeness (QED) is 0.529. The molecule has 0 bridgehead atoms. The average Bonchev–Trinajstić information content (AvgIpc) is 3.40. The van der Waals surface area contributed by atoms with Crippen LogP contribution in [0.15, 0.2) is 54.3 Å². The number of carbonyl (C=O) groups is 1. The molecule has 142 valence electrons. The molecule has 0 radical (unpaired) electrons. The first-order chi connectivity index (χ1) is 13.7. The predicted molar refractivity (Wildman–Crippen MR) is 111 cm³/mol. The van der Waals surface area contributed by atoms with Gasteiger partial charge in [-0.05, 0) is 30.7 Å². The van der Waals surface area contributed by atoms with Gasteiger partial charge >= 0.3 is 0 Å². The van der Waals surface area contributed by atoms with Crippen molar-refractivity contribution >= 4 is 28.1 Å². The van der Waals surface area contributed by atoms with E-state index in [4.69, 9.17) is 4.74 Å². The van der Waals surface area contributed by atoms with Crippen molar-refractivity contribution < 1.29 is 9.53 Å². The summed E-state index contributed by atoms with van der Waals surface area (Å²) >= 11 is 1.54. The number of hydrogen-bond acceptors (Lipinski definition) is 5. The van der Waals surface area contributed by atoms with Crippen molar-refractivity contribution in [2.24, 2.45) is 0 Å². The highest BCUT2D eigenvalue weighted by molar-refractivity contribution is 7.13. The van der Waals surface area contributed by atoms with Crippen molar-refractivity contribution in [2.75, 3.05) is 13.7 Å². The van der Waals surface area contributed by atoms with E-state index < -0.39 is 0 Å². The van der Waals surface area contributed by atoms with Gasteiger partial charge in [0.25, 0.3) is 5.91 Å². The van der Waals surface area contributed by atoms with Crippen molar-refractivity contribution in [3.8, 4) is 16.2 Å². The number of H-pyrrole nitrogens is 1. The fourth-order valence-electron chi connectivity index (χ4n) is 3.19. The highest BCUT2D eigenvalue weighted by Crippen LogP contribution is 2.33. The lowest BCUT2D eigenvalue weighted by atomic mass is 10.1. The van der Waals surface area contributed by atoms with Crippen LogP contribution in [0.1, 0.15) is 22.8 Å². The van der Waals surface area contributed by atoms with E-state index in [1.165, 1.54) is 0 Å². The third-order valence-corrected chi connectivity index (χ3v) is 5.35. The number of fused-ring (bicyclic) bond motifs is 1. The number of carbonyl (C=O) groups excluding carboxylic acids is 1. The summed E-state index contributed by atoms with van der Waals surface area (Å²) in [4.78, 5) is 19.9. The molecule has 0 atom stereocenters. The molecule has 0 aliphatic rings. The summed E-state index contributed by atoms with van der Waals surface area (Å²) in [5.41, 5.74) is 5.31. The first kappa shape index (κ1) is 18.2. The second-order valence-corrected chi connectivity index (χ2v) is 7.31. The standard InChI is InChI=1S/C21H20N4O2S/c1-3-27-18-9-14(7-8-17(18)19-11-22-13-28-19)21(26)25(2)12-16-6-4-5-15-10-23-24-20(15)16/h4-11,13H,3,12H2,1-2H3,(H,23,24). The summed E-state index contributed by atoms with van der Waals surface area (Å²) in [6.07, 6.45) is 3.59. The molecule has 7 heteroatoms. The van der Waals surface area contributed by atoms with Gasteiger partial charge in [0.2, 0.25) is 0 Å². The van der Waals surface area contributed by atoms with Gasteiger partial charge in [0, 0.05) is 36.3 Å². The molecule has 4 aromatic rings. The Balaban J connectivity index is 1.60. The van der Waals surface area contributed by atoms with E-state index in [1.807, 2.05) is 43.3 Å². The molecule has 0 saturated carbocycles. The van der Waals surface area contributed by atoms with E-state index in [2.05, 4.69) is 15.2 Å². The Morgan fingerprint density at radius 3 is 2.93 bits per heavy atom. The Morgan fingerprint density at radius 2 is 2.14 bits per heavy atom. The van der Waals surface area contributed by atoms with Gasteiger partial charge in [0.15, 0.2) is 0 Å². The molecule has 0 aliphatic carbocycles. The minimum absolute atomic E-state index is 0.0617. The molecule has 1 amide bonds. The number of nitrogens with one attached hydrogen (secondary N) is 1. The largest absolute Gasteiger partial charge is 0.493 e. The highest BCUT2D eigenvalue weighted by Gasteiger charge is 2.17. The molecule has 0 fully saturated rings. The number of nitrogens with zero attached hydrogens (tertiary/aromatic N) is 3. The Kier molecular flexibility index (Phi) is 5.08. The Morgan fingerprint density at radius 1 is 1.25 bits per heavy atom. The summed E-state index contributed by atoms with van der Waals surface area (Å²) in [6.45, 7) is 2.95. The van der Waals surface area contributed by atoms with Crippen LogP contribution in [0.2, 0.25) is 0 Å². The minimum Gasteiger partial charge on any atom is -0.493 e. The summed E-state index contributed by atoms with van der Waals surface area (Å²) < 4.78 is 5.79. The average molecular weight is 392 g/mol. The van der Waals surface area contributed by atoms with E-state index in [0.717, 1.165) is 26.9 Å². The van der Waals surface area contributed by atoms with E-state index in [-0.39, 0.29) is 5.91 Å². The number of aromatic nitrogens is 3. The van der Waals surface area contributed by atoms with Gasteiger partial charge in [-0.3, -0.25) is 14.9 Å². The van der Waals surface area contributed by atoms with Crippen LogP contribution in [0.3, 0.4) is 0 Å². The molecule has 6 nitrogen and oxygen atoms in total. The number of hydrogen-bond donors (Lipinski definition) is 1. The van der Waals surface area contributed by atoms with Crippen molar-refractivity contribution in [2.45, 2.75) is 13.5 Å². The Hall–Kier alpha value is -3.19. The first-order valence-electron chi connectivity index (χ1n) is 8.99. The lowest BCUT2D eigenvalue weighted by Gasteiger charge is -2.19. The molecular weight excluding hydrogens is 372 g/mol. The maximum Gasteiger partial charge on any atom is 0.254 e. The third-order valence-electron chi connectivity index (χ3n) is 4.54. The number of benzene rings is 2. The number of thiazole rings is 1. The summed E-state index contributed by atoms with van der Waals surface area (Å²) in [5, 5.41) is 8.13. The lowest BCUT2D eigenvalue weighted by molar-refractivity contribution is 0.0785. The van der Waals surface area contributed by atoms with Gasteiger partial charge in [-0.2, -0.15) is 5.10 Å². The smallest absolute Gasteiger partial charge is 0.254 e. The second kappa shape index (κ2) is 7.82. The summed E-state index contributed by atoms with van der Waals surface area (Å²) in [6, 6.07) is 11.6. The van der Waals surface area contributed by atoms with Crippen LogP contribution in [-0.4, -0.2) is 39.6 Å². The fraction of sp³-hybridized carbons (Fsp3) is 0.190. The van der Waals surface area contributed by atoms with Gasteiger partial charge in [0.1, 0.15) is 5.75 Å². The van der Waals surface area contributed by atoms with E-state index in [9.17, 15) is 4.79 Å². The number of amides is 1. The fourth-order valence-corrected chi connectivity index (χ4v) is 3.85. The number of aromatic amines is 1. The van der Waals surface area contributed by atoms with Crippen molar-refractivity contribution in [3.63, 3.8) is 0 Å². The number of para-hydroxylation sites is 1. The lowest BCUT2D eigenvalue weighted by Crippen LogP contribution is -2.26. The van der Waals surface area contributed by atoms with E-state index in [0.29, 0.717) is 24.5 Å². The van der Waals surface area contributed by atoms with Crippen LogP contribution in [-0.2, 0) is 6.54 Å². The van der Waals surface area contributed by atoms with Gasteiger partial charge < -0.3 is 9.64 Å². The molecule has 2 aromatic heterocycles. The van der Waals surface area contributed by atoms with Gasteiger partial charge in [-0.25, -0.2) is 0 Å². The molecule has 0 unspecified atom stereocenters. The predicted octanol–water partition coefficient (Wildman–Crippen LogP) is 4.36. The maximum atomic E-state index is 13.0. The Bertz CT molecular complexity index is 1100. The zero-order valence-corrected chi connectivity index (χ0v) is 16.5. The number of ether oxygens (including phenoxy) is 1. The molecule has 0 saturated heterocycles. The molecule has 28 heavy (non-hydrogen) atoms. The van der Waals surface area contributed by atoms with Crippen LogP contribution >= 0.6 is 11.3 Å². The zero-order valence-electron chi connectivity index (χ0n) is 15.7. The molecular formula is C21H20N4O2S. The molecule has 2 aromatic carbocycles. The van der Waals surface area contributed by atoms with Gasteiger partial charge in [-0.1, -0.05) is 18.2 Å². The van der Waals surface area contributed by atoms with E-state index >= 15 is 0 Å². The Labute approximate surface area is 166 Å². The summed E-state index contributed by atoms with van der Waals surface area (Å²) in [5.74, 6) is 0.634. The topological polar surface area (TPSA) is 71.1 Å². The van der Waals surface area contributed by atoms with Crippen LogP contribution in [0.25, 0.3) is 21.3 Å². The zero-order chi connectivity index (χ0) is 19.5. The molecule has 1 N–H and O–H groups in total. The molecule has 0 spiro atoms. The SMILES string of the molecule is CCOc1cc(C(=O)N(C)Cc2cccc3cn[nH]c23)ccc1-c1cncs1. The van der Waals surface area contributed by atoms with Crippen LogP contribution < -0.4 is 4.74 Å². The molecule has 0 aliphatic heterocycles. The van der Waals surface area contributed by atoms with Gasteiger partial charge in [0.05, 0.1) is 28.7 Å². The van der Waals surface area contributed by atoms with E-state index in [1.54, 1.807) is 41.2 Å². The van der Waals surface area contributed by atoms with Crippen molar-refractivity contribution in [1.29, 1.82) is 0 Å². The second-order valence-electron chi connectivity index (χ2n) is 6.42. The summed E-state index contributed by atoms with van der Waals surface area (Å²) in [7, 11) is 1.80. The minimum atomic E-state index is -0.0617. The monoisotopic (exact) mass is 392 g/mol. The van der Waals surface area contributed by atoms with Crippen molar-refractivity contribution in [1.82, 2.24) is 20.1 Å². The third kappa shape index (κ3) is 3.48. The first-order valence-corrected chi connectivity index (χ1v) is 9.87. The maximum absolute atomic E-state index is 13.0. The highest BCUT2D eigenvalue weighted by atomic mass is 32.1. The molecule has 2 heterocycles. The number of rotatable bonds is 6. The van der Waals surface area contributed by atoms with Gasteiger partial charge in [-0.15, -0.1) is 11.3 Å². The normalized spacial score (nSPS) is 10.9. The van der Waals surface area contributed by atoms with Crippen LogP contribution in [0.4, 0.5) is 0 Å². The van der Waals surface area contributed by atoms with Crippen molar-refractivity contribution in [3.05, 3.63) is 65.4 Å². The van der Waals surface area contributed by atoms with Crippen LogP contribution in [0, 0.1) is 0 Å².